The number of phenols is 1. The molecule has 0 aliphatic carbocycles. The molecule has 8 heteroatoms. The number of nitro groups is 1. The molecule has 0 saturated carbocycles. The summed E-state index contributed by atoms with van der Waals surface area (Å²) in [6.45, 7) is 1.82. The van der Waals surface area contributed by atoms with Gasteiger partial charge >= 0.3 is 0 Å². The number of hydrogen-bond donors (Lipinski definition) is 2. The van der Waals surface area contributed by atoms with Crippen molar-refractivity contribution in [3.05, 3.63) is 75.0 Å². The molecule has 7 nitrogen and oxygen atoms in total. The zero-order chi connectivity index (χ0) is 18.8. The Labute approximate surface area is 153 Å². The van der Waals surface area contributed by atoms with Crippen LogP contribution < -0.4 is 5.32 Å². The first-order valence-electron chi connectivity index (χ1n) is 7.50. The fraction of sp³-hybridized carbons (Fsp3) is 0.0556. The molecule has 3 aromatic rings. The molecule has 2 N–H and O–H groups in total. The van der Waals surface area contributed by atoms with Crippen LogP contribution in [0.2, 0.25) is 5.02 Å². The number of hydrogen-bond acceptors (Lipinski definition) is 5. The number of aryl methyl sites for hydroxylation is 1. The minimum Gasteiger partial charge on any atom is -0.506 e. The number of anilines is 1. The lowest BCUT2D eigenvalue weighted by Crippen LogP contribution is -2.10. The number of carbonyl (C=O) groups is 1. The quantitative estimate of drug-likeness (QED) is 0.389. The van der Waals surface area contributed by atoms with Crippen LogP contribution in [0.5, 0.6) is 5.75 Å². The Balaban J connectivity index is 1.83. The molecular formula is C18H13ClN2O5. The summed E-state index contributed by atoms with van der Waals surface area (Å²) in [6, 6.07) is 11.8. The van der Waals surface area contributed by atoms with Crippen LogP contribution in [0, 0.1) is 17.0 Å². The average Bonchev–Trinajstić information content (AvgIpc) is 3.07. The highest BCUT2D eigenvalue weighted by Gasteiger charge is 2.17. The number of halogens is 1. The average molecular weight is 373 g/mol. The number of non-ortho nitro benzene ring substituents is 1. The summed E-state index contributed by atoms with van der Waals surface area (Å²) in [5, 5.41) is 23.3. The van der Waals surface area contributed by atoms with Gasteiger partial charge < -0.3 is 14.8 Å². The number of amides is 1. The van der Waals surface area contributed by atoms with Gasteiger partial charge in [0.05, 0.1) is 15.6 Å². The van der Waals surface area contributed by atoms with Crippen LogP contribution >= 0.6 is 11.6 Å². The lowest BCUT2D eigenvalue weighted by atomic mass is 10.1. The molecule has 0 spiro atoms. The minimum atomic E-state index is -0.551. The largest absolute Gasteiger partial charge is 0.506 e. The number of carbonyl (C=O) groups excluding carboxylic acids is 1. The molecule has 0 aliphatic rings. The van der Waals surface area contributed by atoms with E-state index in [1.165, 1.54) is 36.4 Å². The predicted molar refractivity (Wildman–Crippen MR) is 96.6 cm³/mol. The van der Waals surface area contributed by atoms with Crippen molar-refractivity contribution in [3.8, 4) is 17.1 Å². The van der Waals surface area contributed by atoms with Crippen molar-refractivity contribution < 1.29 is 19.2 Å². The first-order chi connectivity index (χ1) is 12.3. The van der Waals surface area contributed by atoms with Gasteiger partial charge in [-0.2, -0.15) is 0 Å². The first-order valence-corrected chi connectivity index (χ1v) is 7.88. The van der Waals surface area contributed by atoms with Crippen LogP contribution in [0.4, 0.5) is 11.4 Å². The van der Waals surface area contributed by atoms with Gasteiger partial charge in [0.15, 0.2) is 5.76 Å². The summed E-state index contributed by atoms with van der Waals surface area (Å²) in [7, 11) is 0. The summed E-state index contributed by atoms with van der Waals surface area (Å²) in [4.78, 5) is 22.5. The van der Waals surface area contributed by atoms with Crippen LogP contribution in [0.1, 0.15) is 16.1 Å². The zero-order valence-electron chi connectivity index (χ0n) is 13.5. The van der Waals surface area contributed by atoms with E-state index in [0.717, 1.165) is 5.56 Å². The van der Waals surface area contributed by atoms with Crippen molar-refractivity contribution in [2.45, 2.75) is 6.92 Å². The van der Waals surface area contributed by atoms with E-state index >= 15 is 0 Å². The number of phenolic OH excluding ortho intramolecular Hbond substituents is 1. The van der Waals surface area contributed by atoms with Gasteiger partial charge in [0, 0.05) is 17.7 Å². The van der Waals surface area contributed by atoms with Gasteiger partial charge in [0.25, 0.3) is 11.6 Å². The van der Waals surface area contributed by atoms with E-state index in [0.29, 0.717) is 11.3 Å². The molecule has 1 amide bonds. The lowest BCUT2D eigenvalue weighted by molar-refractivity contribution is -0.384. The van der Waals surface area contributed by atoms with Crippen molar-refractivity contribution in [1.82, 2.24) is 0 Å². The third-order valence-corrected chi connectivity index (χ3v) is 3.97. The number of aromatic hydroxyl groups is 1. The molecule has 26 heavy (non-hydrogen) atoms. The number of rotatable bonds is 4. The second-order valence-corrected chi connectivity index (χ2v) is 5.97. The number of nitro benzene ring substituents is 1. The van der Waals surface area contributed by atoms with Crippen molar-refractivity contribution >= 4 is 28.9 Å². The Hall–Kier alpha value is -3.32. The molecule has 0 atom stereocenters. The van der Waals surface area contributed by atoms with Gasteiger partial charge in [0.1, 0.15) is 11.5 Å². The van der Waals surface area contributed by atoms with Crippen molar-refractivity contribution in [2.24, 2.45) is 0 Å². The minimum absolute atomic E-state index is 0.00870. The van der Waals surface area contributed by atoms with Crippen LogP contribution in [-0.2, 0) is 0 Å². The van der Waals surface area contributed by atoms with E-state index < -0.39 is 10.8 Å². The normalized spacial score (nSPS) is 10.5. The Morgan fingerprint density at radius 3 is 2.62 bits per heavy atom. The van der Waals surface area contributed by atoms with E-state index in [1.807, 2.05) is 6.92 Å². The Bertz CT molecular complexity index is 1010. The molecule has 3 rings (SSSR count). The molecule has 0 aliphatic heterocycles. The molecule has 1 aromatic heterocycles. The molecule has 0 saturated heterocycles. The summed E-state index contributed by atoms with van der Waals surface area (Å²) in [5.41, 5.74) is 1.40. The van der Waals surface area contributed by atoms with Crippen molar-refractivity contribution in [1.29, 1.82) is 0 Å². The van der Waals surface area contributed by atoms with Gasteiger partial charge in [-0.25, -0.2) is 0 Å². The Morgan fingerprint density at radius 2 is 1.96 bits per heavy atom. The topological polar surface area (TPSA) is 106 Å². The zero-order valence-corrected chi connectivity index (χ0v) is 14.3. The van der Waals surface area contributed by atoms with E-state index in [-0.39, 0.29) is 27.9 Å². The maximum atomic E-state index is 12.3. The molecule has 0 bridgehead atoms. The Morgan fingerprint density at radius 1 is 1.19 bits per heavy atom. The molecule has 0 unspecified atom stereocenters. The summed E-state index contributed by atoms with van der Waals surface area (Å²) < 4.78 is 5.50. The number of furan rings is 1. The van der Waals surface area contributed by atoms with Crippen LogP contribution in [0.3, 0.4) is 0 Å². The summed E-state index contributed by atoms with van der Waals surface area (Å²) in [6.07, 6.45) is 0. The molecule has 132 valence electrons. The summed E-state index contributed by atoms with van der Waals surface area (Å²) >= 11 is 6.06. The predicted octanol–water partition coefficient (Wildman–Crippen LogP) is 4.77. The van der Waals surface area contributed by atoms with Gasteiger partial charge in [-0.15, -0.1) is 0 Å². The maximum Gasteiger partial charge on any atom is 0.291 e. The third kappa shape index (κ3) is 3.52. The highest BCUT2D eigenvalue weighted by atomic mass is 35.5. The van der Waals surface area contributed by atoms with E-state index in [4.69, 9.17) is 16.0 Å². The lowest BCUT2D eigenvalue weighted by Gasteiger charge is -2.06. The number of nitrogens with zero attached hydrogens (tertiary/aromatic N) is 1. The second kappa shape index (κ2) is 6.89. The fourth-order valence-corrected chi connectivity index (χ4v) is 2.62. The standard InChI is InChI=1S/C18H13ClN2O5/c1-10-2-5-14(15(22)8-10)20-18(23)17-7-6-16(26-17)12-4-3-11(21(24)25)9-13(12)19/h2-9,22H,1H3,(H,20,23). The van der Waals surface area contributed by atoms with Crippen LogP contribution in [0.25, 0.3) is 11.3 Å². The highest BCUT2D eigenvalue weighted by Crippen LogP contribution is 2.32. The molecule has 1 heterocycles. The van der Waals surface area contributed by atoms with Crippen LogP contribution in [-0.4, -0.2) is 15.9 Å². The van der Waals surface area contributed by atoms with E-state index in [1.54, 1.807) is 12.1 Å². The van der Waals surface area contributed by atoms with Gasteiger partial charge in [0.2, 0.25) is 0 Å². The van der Waals surface area contributed by atoms with E-state index in [2.05, 4.69) is 5.32 Å². The monoisotopic (exact) mass is 372 g/mol. The number of benzene rings is 2. The van der Waals surface area contributed by atoms with Gasteiger partial charge in [-0.05, 0) is 42.8 Å². The van der Waals surface area contributed by atoms with Crippen molar-refractivity contribution in [3.63, 3.8) is 0 Å². The summed E-state index contributed by atoms with van der Waals surface area (Å²) in [5.74, 6) is -0.297. The number of nitrogens with one attached hydrogen (secondary N) is 1. The first kappa shape index (κ1) is 17.5. The van der Waals surface area contributed by atoms with Gasteiger partial charge in [-0.3, -0.25) is 14.9 Å². The van der Waals surface area contributed by atoms with E-state index in [9.17, 15) is 20.0 Å². The smallest absolute Gasteiger partial charge is 0.291 e. The molecule has 0 radical (unpaired) electrons. The van der Waals surface area contributed by atoms with Crippen LogP contribution in [0.15, 0.2) is 52.9 Å². The fourth-order valence-electron chi connectivity index (χ4n) is 2.35. The SMILES string of the molecule is Cc1ccc(NC(=O)c2ccc(-c3ccc([N+](=O)[O-])cc3Cl)o2)c(O)c1. The second-order valence-electron chi connectivity index (χ2n) is 5.56. The Kier molecular flexibility index (Phi) is 4.64. The molecule has 2 aromatic carbocycles. The van der Waals surface area contributed by atoms with Gasteiger partial charge in [-0.1, -0.05) is 17.7 Å². The highest BCUT2D eigenvalue weighted by molar-refractivity contribution is 6.33. The third-order valence-electron chi connectivity index (χ3n) is 3.66. The molecule has 0 fully saturated rings. The maximum absolute atomic E-state index is 12.3. The molecular weight excluding hydrogens is 360 g/mol. The van der Waals surface area contributed by atoms with Crippen molar-refractivity contribution in [2.75, 3.05) is 5.32 Å².